The highest BCUT2D eigenvalue weighted by Crippen LogP contribution is 2.39. The van der Waals surface area contributed by atoms with Gasteiger partial charge < -0.3 is 20.9 Å². The highest BCUT2D eigenvalue weighted by Gasteiger charge is 2.38. The zero-order chi connectivity index (χ0) is 11.8. The van der Waals surface area contributed by atoms with Gasteiger partial charge in [-0.1, -0.05) is 0 Å². The summed E-state index contributed by atoms with van der Waals surface area (Å²) in [6.07, 6.45) is 3.02. The number of methoxy groups -OCH3 is 2. The second-order valence-electron chi connectivity index (χ2n) is 4.45. The van der Waals surface area contributed by atoms with Crippen molar-refractivity contribution in [3.63, 3.8) is 0 Å². The summed E-state index contributed by atoms with van der Waals surface area (Å²) in [6.45, 7) is 0. The standard InChI is InChI=1S/C12H18N2O2/c1-15-9-5-8(7-12(14)3-4-12)6-10(16-2)11(9)13/h5-6H,3-4,7,13-14H2,1-2H3. The molecule has 0 saturated heterocycles. The van der Waals surface area contributed by atoms with E-state index in [-0.39, 0.29) is 5.54 Å². The van der Waals surface area contributed by atoms with Crippen molar-refractivity contribution in [2.45, 2.75) is 24.8 Å². The Balaban J connectivity index is 2.31. The molecule has 0 spiro atoms. The molecule has 1 aliphatic carbocycles. The molecule has 0 amide bonds. The molecule has 0 bridgehead atoms. The Kier molecular flexibility index (Phi) is 2.68. The van der Waals surface area contributed by atoms with E-state index in [0.29, 0.717) is 17.2 Å². The van der Waals surface area contributed by atoms with Gasteiger partial charge in [0.25, 0.3) is 0 Å². The molecule has 0 unspecified atom stereocenters. The summed E-state index contributed by atoms with van der Waals surface area (Å²) in [5.41, 5.74) is 13.6. The Morgan fingerprint density at radius 2 is 1.69 bits per heavy atom. The topological polar surface area (TPSA) is 70.5 Å². The van der Waals surface area contributed by atoms with Gasteiger partial charge in [0.15, 0.2) is 0 Å². The summed E-state index contributed by atoms with van der Waals surface area (Å²) in [7, 11) is 3.20. The molecule has 1 aromatic rings. The third kappa shape index (κ3) is 2.07. The maximum Gasteiger partial charge on any atom is 0.145 e. The Hall–Kier alpha value is -1.42. The lowest BCUT2D eigenvalue weighted by atomic mass is 10.0. The van der Waals surface area contributed by atoms with Gasteiger partial charge in [0, 0.05) is 5.54 Å². The SMILES string of the molecule is COc1cc(CC2(N)CC2)cc(OC)c1N. The Morgan fingerprint density at radius 1 is 1.19 bits per heavy atom. The van der Waals surface area contributed by atoms with Crippen LogP contribution in [-0.2, 0) is 6.42 Å². The molecule has 0 aliphatic heterocycles. The summed E-state index contributed by atoms with van der Waals surface area (Å²) >= 11 is 0. The van der Waals surface area contributed by atoms with Crippen molar-refractivity contribution in [2.24, 2.45) is 5.73 Å². The second kappa shape index (κ2) is 3.87. The van der Waals surface area contributed by atoms with Gasteiger partial charge in [-0.15, -0.1) is 0 Å². The van der Waals surface area contributed by atoms with Crippen molar-refractivity contribution in [1.29, 1.82) is 0 Å². The first-order chi connectivity index (χ1) is 7.58. The summed E-state index contributed by atoms with van der Waals surface area (Å²) in [4.78, 5) is 0. The average molecular weight is 222 g/mol. The largest absolute Gasteiger partial charge is 0.494 e. The van der Waals surface area contributed by atoms with E-state index in [2.05, 4.69) is 0 Å². The van der Waals surface area contributed by atoms with Crippen LogP contribution < -0.4 is 20.9 Å². The van der Waals surface area contributed by atoms with Crippen LogP contribution >= 0.6 is 0 Å². The van der Waals surface area contributed by atoms with E-state index in [9.17, 15) is 0 Å². The van der Waals surface area contributed by atoms with Gasteiger partial charge in [0.05, 0.1) is 14.2 Å². The van der Waals surface area contributed by atoms with Gasteiger partial charge in [-0.2, -0.15) is 0 Å². The van der Waals surface area contributed by atoms with Crippen molar-refractivity contribution >= 4 is 5.69 Å². The molecule has 0 heterocycles. The minimum absolute atomic E-state index is 0.0217. The van der Waals surface area contributed by atoms with Gasteiger partial charge in [-0.25, -0.2) is 0 Å². The third-order valence-electron chi connectivity index (χ3n) is 3.05. The Bertz CT molecular complexity index is 375. The van der Waals surface area contributed by atoms with Crippen LogP contribution in [0, 0.1) is 0 Å². The fourth-order valence-electron chi connectivity index (χ4n) is 1.84. The normalized spacial score (nSPS) is 16.9. The monoisotopic (exact) mass is 222 g/mol. The lowest BCUT2D eigenvalue weighted by molar-refractivity contribution is 0.397. The van der Waals surface area contributed by atoms with Crippen LogP contribution in [0.4, 0.5) is 5.69 Å². The summed E-state index contributed by atoms with van der Waals surface area (Å²) in [5.74, 6) is 1.30. The Morgan fingerprint density at radius 3 is 2.06 bits per heavy atom. The molecule has 4 N–H and O–H groups in total. The van der Waals surface area contributed by atoms with Crippen molar-refractivity contribution < 1.29 is 9.47 Å². The average Bonchev–Trinajstić information content (AvgIpc) is 2.98. The molecular formula is C12H18N2O2. The number of nitrogen functional groups attached to an aromatic ring is 1. The van der Waals surface area contributed by atoms with E-state index in [1.165, 1.54) is 0 Å². The molecule has 16 heavy (non-hydrogen) atoms. The van der Waals surface area contributed by atoms with Crippen LogP contribution in [0.1, 0.15) is 18.4 Å². The molecule has 1 aliphatic rings. The molecule has 0 radical (unpaired) electrons. The third-order valence-corrected chi connectivity index (χ3v) is 3.05. The zero-order valence-corrected chi connectivity index (χ0v) is 9.75. The maximum absolute atomic E-state index is 6.09. The van der Waals surface area contributed by atoms with Crippen LogP contribution in [0.3, 0.4) is 0 Å². The van der Waals surface area contributed by atoms with Crippen LogP contribution in [0.15, 0.2) is 12.1 Å². The maximum atomic E-state index is 6.09. The number of nitrogens with two attached hydrogens (primary N) is 2. The van der Waals surface area contributed by atoms with Gasteiger partial charge >= 0.3 is 0 Å². The number of hydrogen-bond acceptors (Lipinski definition) is 4. The number of hydrogen-bond donors (Lipinski definition) is 2. The first-order valence-electron chi connectivity index (χ1n) is 5.37. The van der Waals surface area contributed by atoms with Crippen molar-refractivity contribution in [2.75, 3.05) is 20.0 Å². The highest BCUT2D eigenvalue weighted by atomic mass is 16.5. The first-order valence-corrected chi connectivity index (χ1v) is 5.37. The molecule has 1 saturated carbocycles. The van der Waals surface area contributed by atoms with Gasteiger partial charge in [-0.05, 0) is 37.0 Å². The predicted octanol–water partition coefficient (Wildman–Crippen LogP) is 1.32. The predicted molar refractivity (Wildman–Crippen MR) is 63.8 cm³/mol. The number of rotatable bonds is 4. The zero-order valence-electron chi connectivity index (χ0n) is 9.75. The van der Waals surface area contributed by atoms with Crippen molar-refractivity contribution in [3.05, 3.63) is 17.7 Å². The van der Waals surface area contributed by atoms with Crippen LogP contribution in [0.5, 0.6) is 11.5 Å². The quantitative estimate of drug-likeness (QED) is 0.754. The minimum atomic E-state index is -0.0217. The number of anilines is 1. The van der Waals surface area contributed by atoms with E-state index < -0.39 is 0 Å². The van der Waals surface area contributed by atoms with E-state index in [4.69, 9.17) is 20.9 Å². The van der Waals surface area contributed by atoms with Gasteiger partial charge in [-0.3, -0.25) is 0 Å². The lowest BCUT2D eigenvalue weighted by Crippen LogP contribution is -2.24. The molecular weight excluding hydrogens is 204 g/mol. The molecule has 1 fully saturated rings. The summed E-state index contributed by atoms with van der Waals surface area (Å²) < 4.78 is 10.4. The highest BCUT2D eigenvalue weighted by molar-refractivity contribution is 5.64. The molecule has 88 valence electrons. The summed E-state index contributed by atoms with van der Waals surface area (Å²) in [6, 6.07) is 3.87. The molecule has 2 rings (SSSR count). The number of benzene rings is 1. The minimum Gasteiger partial charge on any atom is -0.494 e. The van der Waals surface area contributed by atoms with Gasteiger partial charge in [0.2, 0.25) is 0 Å². The van der Waals surface area contributed by atoms with E-state index in [0.717, 1.165) is 24.8 Å². The van der Waals surface area contributed by atoms with E-state index in [1.54, 1.807) is 14.2 Å². The van der Waals surface area contributed by atoms with Gasteiger partial charge in [0.1, 0.15) is 17.2 Å². The van der Waals surface area contributed by atoms with E-state index in [1.807, 2.05) is 12.1 Å². The van der Waals surface area contributed by atoms with Crippen molar-refractivity contribution in [1.82, 2.24) is 0 Å². The lowest BCUT2D eigenvalue weighted by Gasteiger charge is -2.14. The molecule has 0 aromatic heterocycles. The van der Waals surface area contributed by atoms with E-state index >= 15 is 0 Å². The first kappa shape index (κ1) is 11.1. The van der Waals surface area contributed by atoms with Crippen LogP contribution in [0.2, 0.25) is 0 Å². The fourth-order valence-corrected chi connectivity index (χ4v) is 1.84. The second-order valence-corrected chi connectivity index (χ2v) is 4.45. The number of ether oxygens (including phenoxy) is 2. The van der Waals surface area contributed by atoms with Crippen LogP contribution in [0.25, 0.3) is 0 Å². The molecule has 1 aromatic carbocycles. The van der Waals surface area contributed by atoms with Crippen LogP contribution in [-0.4, -0.2) is 19.8 Å². The Labute approximate surface area is 95.5 Å². The van der Waals surface area contributed by atoms with Crippen molar-refractivity contribution in [3.8, 4) is 11.5 Å². The smallest absolute Gasteiger partial charge is 0.145 e. The molecule has 0 atom stereocenters. The fraction of sp³-hybridized carbons (Fsp3) is 0.500. The summed E-state index contributed by atoms with van der Waals surface area (Å²) in [5, 5.41) is 0. The molecule has 4 nitrogen and oxygen atoms in total. The molecule has 4 heteroatoms.